The Morgan fingerprint density at radius 2 is 2.39 bits per heavy atom. The van der Waals surface area contributed by atoms with E-state index >= 15 is 0 Å². The number of rotatable bonds is 4. The smallest absolute Gasteiger partial charge is 0.114 e. The molecule has 94 valence electrons. The van der Waals surface area contributed by atoms with Crippen molar-refractivity contribution >= 4 is 23.1 Å². The highest BCUT2D eigenvalue weighted by Gasteiger charge is 2.04. The molecule has 2 aromatic heterocycles. The number of aryl methyl sites for hydroxylation is 1. The molecule has 0 aliphatic carbocycles. The van der Waals surface area contributed by atoms with Crippen LogP contribution in [0.2, 0.25) is 0 Å². The summed E-state index contributed by atoms with van der Waals surface area (Å²) in [6.07, 6.45) is 2.26. The quantitative estimate of drug-likeness (QED) is 0.684. The summed E-state index contributed by atoms with van der Waals surface area (Å²) in [5.41, 5.74) is 1.04. The van der Waals surface area contributed by atoms with E-state index in [2.05, 4.69) is 23.3 Å². The number of thioether (sulfide) groups is 1. The monoisotopic (exact) mass is 278 g/mol. The summed E-state index contributed by atoms with van der Waals surface area (Å²) in [6, 6.07) is 4.10. The van der Waals surface area contributed by atoms with Crippen molar-refractivity contribution in [1.82, 2.24) is 0 Å². The normalized spacial score (nSPS) is 10.1. The first-order valence-corrected chi connectivity index (χ1v) is 7.50. The lowest BCUT2D eigenvalue weighted by Gasteiger charge is -1.96. The van der Waals surface area contributed by atoms with Crippen LogP contribution in [0.3, 0.4) is 0 Å². The summed E-state index contributed by atoms with van der Waals surface area (Å²) in [5.74, 6) is 7.88. The second-order valence-electron chi connectivity index (χ2n) is 3.71. The maximum Gasteiger partial charge on any atom is 0.114 e. The third-order valence-electron chi connectivity index (χ3n) is 2.30. The van der Waals surface area contributed by atoms with Gasteiger partial charge in [0.25, 0.3) is 0 Å². The largest absolute Gasteiger partial charge is 0.468 e. The average Bonchev–Trinajstić information content (AvgIpc) is 2.96. The number of aliphatic hydroxyl groups excluding tert-OH is 1. The maximum atomic E-state index is 8.65. The molecular formula is C14H14O2S2. The highest BCUT2D eigenvalue weighted by Crippen LogP contribution is 2.28. The Morgan fingerprint density at radius 3 is 3.11 bits per heavy atom. The molecule has 0 saturated heterocycles. The van der Waals surface area contributed by atoms with Gasteiger partial charge in [-0.3, -0.25) is 0 Å². The molecule has 1 N–H and O–H groups in total. The van der Waals surface area contributed by atoms with Crippen LogP contribution in [0.4, 0.5) is 0 Å². The van der Waals surface area contributed by atoms with Crippen molar-refractivity contribution < 1.29 is 9.52 Å². The van der Waals surface area contributed by atoms with Crippen LogP contribution in [0, 0.1) is 18.8 Å². The predicted octanol–water partition coefficient (Wildman–Crippen LogP) is 3.68. The zero-order valence-corrected chi connectivity index (χ0v) is 11.7. The van der Waals surface area contributed by atoms with Gasteiger partial charge in [0, 0.05) is 32.9 Å². The first-order chi connectivity index (χ1) is 8.79. The van der Waals surface area contributed by atoms with Crippen LogP contribution in [0.5, 0.6) is 0 Å². The Bertz CT molecular complexity index is 558. The maximum absolute atomic E-state index is 8.65. The first-order valence-electron chi connectivity index (χ1n) is 5.63. The van der Waals surface area contributed by atoms with Gasteiger partial charge in [0.05, 0.1) is 12.9 Å². The van der Waals surface area contributed by atoms with Crippen LogP contribution < -0.4 is 0 Å². The fraction of sp³-hybridized carbons (Fsp3) is 0.286. The molecule has 0 aromatic carbocycles. The lowest BCUT2D eigenvalue weighted by atomic mass is 10.3. The van der Waals surface area contributed by atoms with Crippen LogP contribution in [0.25, 0.3) is 0 Å². The van der Waals surface area contributed by atoms with Gasteiger partial charge in [-0.2, -0.15) is 0 Å². The van der Waals surface area contributed by atoms with E-state index in [1.165, 1.54) is 9.77 Å². The number of thiophene rings is 1. The summed E-state index contributed by atoms with van der Waals surface area (Å²) in [6.45, 7) is 2.10. The van der Waals surface area contributed by atoms with Gasteiger partial charge in [0.1, 0.15) is 5.76 Å². The van der Waals surface area contributed by atoms with Crippen molar-refractivity contribution in [2.45, 2.75) is 24.0 Å². The minimum Gasteiger partial charge on any atom is -0.468 e. The summed E-state index contributed by atoms with van der Waals surface area (Å²) in [4.78, 5) is 2.49. The van der Waals surface area contributed by atoms with E-state index in [1.54, 1.807) is 29.4 Å². The molecule has 0 spiro atoms. The van der Waals surface area contributed by atoms with Gasteiger partial charge in [0.15, 0.2) is 0 Å². The van der Waals surface area contributed by atoms with Gasteiger partial charge in [-0.05, 0) is 19.1 Å². The van der Waals surface area contributed by atoms with Crippen LogP contribution >= 0.6 is 23.1 Å². The zero-order valence-electron chi connectivity index (χ0n) is 10.1. The van der Waals surface area contributed by atoms with Gasteiger partial charge in [-0.1, -0.05) is 11.8 Å². The Labute approximate surface area is 115 Å². The molecule has 18 heavy (non-hydrogen) atoms. The molecule has 0 saturated carbocycles. The Morgan fingerprint density at radius 1 is 1.50 bits per heavy atom. The van der Waals surface area contributed by atoms with Gasteiger partial charge in [-0.25, -0.2) is 0 Å². The molecule has 0 fully saturated rings. The van der Waals surface area contributed by atoms with Crippen molar-refractivity contribution in [3.8, 4) is 11.8 Å². The minimum absolute atomic E-state index is 0.125. The van der Waals surface area contributed by atoms with Crippen LogP contribution in [0.1, 0.15) is 22.6 Å². The molecule has 0 aliphatic rings. The van der Waals surface area contributed by atoms with E-state index < -0.39 is 0 Å². The molecule has 0 aliphatic heterocycles. The third kappa shape index (κ3) is 3.67. The predicted molar refractivity (Wildman–Crippen MR) is 75.9 cm³/mol. The number of hydrogen-bond donors (Lipinski definition) is 1. The fourth-order valence-corrected chi connectivity index (χ4v) is 3.25. The lowest BCUT2D eigenvalue weighted by Crippen LogP contribution is -1.76. The molecule has 0 amide bonds. The summed E-state index contributed by atoms with van der Waals surface area (Å²) in [7, 11) is 0. The SMILES string of the molecule is Cc1occc1SCc1cc(C#CCCO)cs1. The zero-order chi connectivity index (χ0) is 12.8. The summed E-state index contributed by atoms with van der Waals surface area (Å²) >= 11 is 3.50. The van der Waals surface area contributed by atoms with Crippen LogP contribution in [-0.2, 0) is 5.75 Å². The first kappa shape index (κ1) is 13.3. The third-order valence-corrected chi connectivity index (χ3v) is 4.61. The number of aliphatic hydroxyl groups is 1. The number of hydrogen-bond acceptors (Lipinski definition) is 4. The van der Waals surface area contributed by atoms with Gasteiger partial charge < -0.3 is 9.52 Å². The minimum atomic E-state index is 0.125. The van der Waals surface area contributed by atoms with Crippen molar-refractivity contribution in [3.63, 3.8) is 0 Å². The van der Waals surface area contributed by atoms with Crippen molar-refractivity contribution in [1.29, 1.82) is 0 Å². The summed E-state index contributed by atoms with van der Waals surface area (Å²) < 4.78 is 5.26. The van der Waals surface area contributed by atoms with E-state index in [-0.39, 0.29) is 6.61 Å². The standard InChI is InChI=1S/C14H14O2S2/c1-11-14(5-7-16-11)18-10-13-8-12(9-17-13)4-2-3-6-15/h5,7-9,15H,3,6,10H2,1H3. The second kappa shape index (κ2) is 6.69. The highest BCUT2D eigenvalue weighted by atomic mass is 32.2. The van der Waals surface area contributed by atoms with Gasteiger partial charge in [0.2, 0.25) is 0 Å². The molecule has 0 radical (unpaired) electrons. The Kier molecular flexibility index (Phi) is 4.94. The van der Waals surface area contributed by atoms with Crippen molar-refractivity contribution in [2.75, 3.05) is 6.61 Å². The van der Waals surface area contributed by atoms with Crippen molar-refractivity contribution in [2.24, 2.45) is 0 Å². The van der Waals surface area contributed by atoms with E-state index in [1.807, 2.05) is 13.0 Å². The molecule has 4 heteroatoms. The Balaban J connectivity index is 1.91. The van der Waals surface area contributed by atoms with Gasteiger partial charge in [-0.15, -0.1) is 23.1 Å². The van der Waals surface area contributed by atoms with E-state index in [0.29, 0.717) is 6.42 Å². The fourth-order valence-electron chi connectivity index (χ4n) is 1.41. The molecule has 0 atom stereocenters. The van der Waals surface area contributed by atoms with Crippen molar-refractivity contribution in [3.05, 3.63) is 40.0 Å². The van der Waals surface area contributed by atoms with E-state index in [4.69, 9.17) is 9.52 Å². The highest BCUT2D eigenvalue weighted by molar-refractivity contribution is 7.98. The van der Waals surface area contributed by atoms with E-state index in [0.717, 1.165) is 17.1 Å². The topological polar surface area (TPSA) is 33.4 Å². The second-order valence-corrected chi connectivity index (χ2v) is 5.72. The number of furan rings is 1. The van der Waals surface area contributed by atoms with E-state index in [9.17, 15) is 0 Å². The average molecular weight is 278 g/mol. The van der Waals surface area contributed by atoms with Crippen LogP contribution in [-0.4, -0.2) is 11.7 Å². The molecule has 2 nitrogen and oxygen atoms in total. The Hall–Kier alpha value is -1.15. The van der Waals surface area contributed by atoms with Crippen LogP contribution in [0.15, 0.2) is 33.1 Å². The molecule has 2 rings (SSSR count). The molecule has 2 heterocycles. The molecule has 0 bridgehead atoms. The van der Waals surface area contributed by atoms with Gasteiger partial charge >= 0.3 is 0 Å². The molecular weight excluding hydrogens is 264 g/mol. The molecule has 0 unspecified atom stereocenters. The summed E-state index contributed by atoms with van der Waals surface area (Å²) in [5, 5.41) is 10.7. The lowest BCUT2D eigenvalue weighted by molar-refractivity contribution is 0.305. The molecule has 2 aromatic rings.